The molecular weight excluding hydrogens is 495 g/mol. The van der Waals surface area contributed by atoms with Crippen molar-refractivity contribution in [2.75, 3.05) is 0 Å². The third kappa shape index (κ3) is 4.62. The first kappa shape index (κ1) is 24.1. The molecule has 0 saturated carbocycles. The van der Waals surface area contributed by atoms with E-state index in [0.717, 1.165) is 50.4 Å². The molecule has 1 fully saturated rings. The molecule has 5 rings (SSSR count). The van der Waals surface area contributed by atoms with Gasteiger partial charge < -0.3 is 4.57 Å². The number of hydrogen-bond acceptors (Lipinski definition) is 3. The number of hydrogen-bond donors (Lipinski definition) is 0. The lowest BCUT2D eigenvalue weighted by atomic mass is 10.1. The Morgan fingerprint density at radius 2 is 1.61 bits per heavy atom. The molecule has 0 unspecified atom stereocenters. The van der Waals surface area contributed by atoms with Crippen LogP contribution >= 0.6 is 23.4 Å². The van der Waals surface area contributed by atoms with Crippen molar-refractivity contribution in [3.63, 3.8) is 0 Å². The van der Waals surface area contributed by atoms with Gasteiger partial charge in [-0.1, -0.05) is 60.1 Å². The van der Waals surface area contributed by atoms with E-state index in [2.05, 4.69) is 41.0 Å². The Balaban J connectivity index is 1.40. The molecule has 2 heterocycles. The van der Waals surface area contributed by atoms with Crippen molar-refractivity contribution < 1.29 is 14.0 Å². The molecular formula is C29H22ClFN2O2S. The van der Waals surface area contributed by atoms with Crippen molar-refractivity contribution in [1.29, 1.82) is 0 Å². The fraction of sp³-hybridized carbons (Fsp3) is 0.103. The zero-order valence-electron chi connectivity index (χ0n) is 19.7. The van der Waals surface area contributed by atoms with E-state index >= 15 is 0 Å². The van der Waals surface area contributed by atoms with Crippen molar-refractivity contribution in [1.82, 2.24) is 9.47 Å². The second-order valence-electron chi connectivity index (χ2n) is 8.58. The standard InChI is InChI=1S/C29H22ClFN2O2S/c1-18-14-23(19(2)33(18)25-12-9-21(10-13-25)20-6-4-3-5-7-20)15-27-28(34)32(29(35)36-27)17-22-8-11-24(31)16-26(22)30/h3-16H,17H2,1-2H3/b27-15-. The van der Waals surface area contributed by atoms with Gasteiger partial charge in [0, 0.05) is 22.1 Å². The zero-order valence-corrected chi connectivity index (χ0v) is 21.2. The fourth-order valence-corrected chi connectivity index (χ4v) is 5.42. The highest BCUT2D eigenvalue weighted by Crippen LogP contribution is 2.35. The molecule has 1 saturated heterocycles. The average Bonchev–Trinajstić information content (AvgIpc) is 3.30. The SMILES string of the molecule is Cc1cc(/C=C2\SC(=O)N(Cc3ccc(F)cc3Cl)C2=O)c(C)n1-c1ccc(-c2ccccc2)cc1. The van der Waals surface area contributed by atoms with Crippen molar-refractivity contribution in [2.45, 2.75) is 20.4 Å². The summed E-state index contributed by atoms with van der Waals surface area (Å²) in [5.41, 5.74) is 6.67. The van der Waals surface area contributed by atoms with Gasteiger partial charge in [0.15, 0.2) is 0 Å². The summed E-state index contributed by atoms with van der Waals surface area (Å²) in [7, 11) is 0. The lowest BCUT2D eigenvalue weighted by molar-refractivity contribution is -0.123. The van der Waals surface area contributed by atoms with Gasteiger partial charge in [-0.3, -0.25) is 14.5 Å². The van der Waals surface area contributed by atoms with Gasteiger partial charge >= 0.3 is 0 Å². The van der Waals surface area contributed by atoms with Crippen LogP contribution in [0.2, 0.25) is 5.02 Å². The Kier molecular flexibility index (Phi) is 6.56. The quantitative estimate of drug-likeness (QED) is 0.254. The van der Waals surface area contributed by atoms with E-state index in [4.69, 9.17) is 11.6 Å². The number of thioether (sulfide) groups is 1. The maximum Gasteiger partial charge on any atom is 0.293 e. The van der Waals surface area contributed by atoms with Gasteiger partial charge in [-0.05, 0) is 84.3 Å². The Morgan fingerprint density at radius 3 is 2.31 bits per heavy atom. The molecule has 180 valence electrons. The van der Waals surface area contributed by atoms with Crippen LogP contribution in [0.15, 0.2) is 83.8 Å². The van der Waals surface area contributed by atoms with Crippen LogP contribution in [0.1, 0.15) is 22.5 Å². The van der Waals surface area contributed by atoms with Gasteiger partial charge in [-0.2, -0.15) is 0 Å². The third-order valence-corrected chi connectivity index (χ3v) is 7.47. The second kappa shape index (κ2) is 9.80. The average molecular weight is 517 g/mol. The van der Waals surface area contributed by atoms with Crippen molar-refractivity contribution >= 4 is 40.6 Å². The topological polar surface area (TPSA) is 42.3 Å². The number of amides is 2. The predicted molar refractivity (Wildman–Crippen MR) is 144 cm³/mol. The minimum atomic E-state index is -0.470. The molecule has 0 atom stereocenters. The number of carbonyl (C=O) groups is 2. The number of imide groups is 1. The van der Waals surface area contributed by atoms with Crippen molar-refractivity contribution in [2.24, 2.45) is 0 Å². The zero-order chi connectivity index (χ0) is 25.4. The highest BCUT2D eigenvalue weighted by atomic mass is 35.5. The summed E-state index contributed by atoms with van der Waals surface area (Å²) >= 11 is 7.00. The van der Waals surface area contributed by atoms with Crippen LogP contribution in [0, 0.1) is 19.7 Å². The predicted octanol–water partition coefficient (Wildman–Crippen LogP) is 7.79. The third-order valence-electron chi connectivity index (χ3n) is 6.21. The van der Waals surface area contributed by atoms with E-state index in [9.17, 15) is 14.0 Å². The number of aryl methyl sites for hydroxylation is 1. The second-order valence-corrected chi connectivity index (χ2v) is 9.98. The maximum absolute atomic E-state index is 13.4. The summed E-state index contributed by atoms with van der Waals surface area (Å²) in [5, 5.41) is -0.197. The van der Waals surface area contributed by atoms with Gasteiger partial charge in [-0.25, -0.2) is 4.39 Å². The molecule has 1 aliphatic heterocycles. The first-order valence-corrected chi connectivity index (χ1v) is 12.6. The summed E-state index contributed by atoms with van der Waals surface area (Å²) in [6.45, 7) is 4.00. The lowest BCUT2D eigenvalue weighted by Gasteiger charge is -2.13. The summed E-state index contributed by atoms with van der Waals surface area (Å²) in [6, 6.07) is 24.5. The van der Waals surface area contributed by atoms with Crippen LogP contribution in [0.5, 0.6) is 0 Å². The van der Waals surface area contributed by atoms with Crippen LogP contribution in [0.25, 0.3) is 22.9 Å². The molecule has 1 aromatic heterocycles. The van der Waals surface area contributed by atoms with E-state index in [1.807, 2.05) is 38.1 Å². The van der Waals surface area contributed by atoms with E-state index in [1.165, 1.54) is 18.2 Å². The number of aromatic nitrogens is 1. The molecule has 0 aliphatic carbocycles. The van der Waals surface area contributed by atoms with Gasteiger partial charge in [0.05, 0.1) is 11.4 Å². The van der Waals surface area contributed by atoms with Gasteiger partial charge in [0.1, 0.15) is 5.82 Å². The number of nitrogens with zero attached hydrogens (tertiary/aromatic N) is 2. The Labute approximate surface area is 218 Å². The Bertz CT molecular complexity index is 1510. The first-order valence-electron chi connectivity index (χ1n) is 11.4. The van der Waals surface area contributed by atoms with Crippen LogP contribution < -0.4 is 0 Å². The monoisotopic (exact) mass is 516 g/mol. The number of carbonyl (C=O) groups excluding carboxylic acids is 2. The smallest absolute Gasteiger partial charge is 0.293 e. The molecule has 0 N–H and O–H groups in total. The first-order chi connectivity index (χ1) is 17.3. The lowest BCUT2D eigenvalue weighted by Crippen LogP contribution is -2.27. The maximum atomic E-state index is 13.4. The Morgan fingerprint density at radius 1 is 0.917 bits per heavy atom. The van der Waals surface area contributed by atoms with Crippen LogP contribution in [-0.4, -0.2) is 20.6 Å². The summed E-state index contributed by atoms with van der Waals surface area (Å²) in [6.07, 6.45) is 1.76. The van der Waals surface area contributed by atoms with Gasteiger partial charge in [-0.15, -0.1) is 0 Å². The number of rotatable bonds is 5. The molecule has 7 heteroatoms. The highest BCUT2D eigenvalue weighted by molar-refractivity contribution is 8.18. The van der Waals surface area contributed by atoms with Gasteiger partial charge in [0.25, 0.3) is 11.1 Å². The fourth-order valence-electron chi connectivity index (χ4n) is 4.36. The van der Waals surface area contributed by atoms with E-state index in [1.54, 1.807) is 6.08 Å². The highest BCUT2D eigenvalue weighted by Gasteiger charge is 2.35. The van der Waals surface area contributed by atoms with Crippen molar-refractivity contribution in [3.8, 4) is 16.8 Å². The van der Waals surface area contributed by atoms with Crippen LogP contribution in [-0.2, 0) is 11.3 Å². The van der Waals surface area contributed by atoms with Crippen LogP contribution in [0.3, 0.4) is 0 Å². The molecule has 4 nitrogen and oxygen atoms in total. The molecule has 2 amide bonds. The normalized spacial score (nSPS) is 14.8. The van der Waals surface area contributed by atoms with E-state index < -0.39 is 5.82 Å². The molecule has 0 spiro atoms. The molecule has 3 aromatic carbocycles. The minimum absolute atomic E-state index is 0.00605. The van der Waals surface area contributed by atoms with E-state index in [0.29, 0.717) is 10.5 Å². The molecule has 1 aliphatic rings. The van der Waals surface area contributed by atoms with Gasteiger partial charge in [0.2, 0.25) is 0 Å². The summed E-state index contributed by atoms with van der Waals surface area (Å²) in [5.74, 6) is -0.856. The summed E-state index contributed by atoms with van der Waals surface area (Å²) in [4.78, 5) is 27.1. The minimum Gasteiger partial charge on any atom is -0.318 e. The number of benzene rings is 3. The molecule has 36 heavy (non-hydrogen) atoms. The molecule has 0 radical (unpaired) electrons. The number of halogens is 2. The van der Waals surface area contributed by atoms with Crippen molar-refractivity contribution in [3.05, 3.63) is 117 Å². The summed E-state index contributed by atoms with van der Waals surface area (Å²) < 4.78 is 15.5. The largest absolute Gasteiger partial charge is 0.318 e. The van der Waals surface area contributed by atoms with E-state index in [-0.39, 0.29) is 22.7 Å². The Hall–Kier alpha value is -3.61. The van der Waals surface area contributed by atoms with Crippen LogP contribution in [0.4, 0.5) is 9.18 Å². The molecule has 0 bridgehead atoms. The molecule has 4 aromatic rings.